The number of anilines is 1. The van der Waals surface area contributed by atoms with Gasteiger partial charge < -0.3 is 11.5 Å². The first-order chi connectivity index (χ1) is 7.21. The van der Waals surface area contributed by atoms with E-state index in [9.17, 15) is 0 Å². The topological polar surface area (TPSA) is 52.0 Å². The molecule has 88 valence electrons. The Morgan fingerprint density at radius 3 is 2.31 bits per heavy atom. The number of hydrogen-bond acceptors (Lipinski definition) is 2. The molecule has 1 aromatic carbocycles. The van der Waals surface area contributed by atoms with Crippen molar-refractivity contribution in [3.8, 4) is 0 Å². The molecular weight excluding hydrogens is 196 g/mol. The lowest BCUT2D eigenvalue weighted by atomic mass is 9.81. The highest BCUT2D eigenvalue weighted by Gasteiger charge is 2.19. The summed E-state index contributed by atoms with van der Waals surface area (Å²) in [4.78, 5) is 0. The Balaban J connectivity index is 3.33. The minimum Gasteiger partial charge on any atom is -0.402 e. The zero-order valence-corrected chi connectivity index (χ0v) is 10.7. The van der Waals surface area contributed by atoms with Crippen molar-refractivity contribution in [1.82, 2.24) is 0 Å². The Morgan fingerprint density at radius 2 is 1.88 bits per heavy atom. The van der Waals surface area contributed by atoms with Crippen molar-refractivity contribution in [3.63, 3.8) is 0 Å². The van der Waals surface area contributed by atoms with Crippen molar-refractivity contribution >= 4 is 5.69 Å². The second-order valence-electron chi connectivity index (χ2n) is 5.45. The molecule has 1 rings (SSSR count). The molecule has 0 aliphatic heterocycles. The summed E-state index contributed by atoms with van der Waals surface area (Å²) in [5, 5.41) is 0. The van der Waals surface area contributed by atoms with Crippen molar-refractivity contribution < 1.29 is 0 Å². The van der Waals surface area contributed by atoms with Crippen molar-refractivity contribution in [3.05, 3.63) is 41.1 Å². The van der Waals surface area contributed by atoms with Gasteiger partial charge in [0.25, 0.3) is 0 Å². The summed E-state index contributed by atoms with van der Waals surface area (Å²) in [7, 11) is 0. The van der Waals surface area contributed by atoms with E-state index in [0.29, 0.717) is 12.1 Å². The van der Waals surface area contributed by atoms with E-state index < -0.39 is 0 Å². The van der Waals surface area contributed by atoms with Gasteiger partial charge in [-0.2, -0.15) is 0 Å². The Morgan fingerprint density at radius 1 is 1.31 bits per heavy atom. The molecule has 2 nitrogen and oxygen atoms in total. The van der Waals surface area contributed by atoms with E-state index >= 15 is 0 Å². The van der Waals surface area contributed by atoms with Crippen LogP contribution < -0.4 is 11.5 Å². The van der Waals surface area contributed by atoms with Crippen LogP contribution in [0.4, 0.5) is 5.69 Å². The Hall–Kier alpha value is -1.44. The van der Waals surface area contributed by atoms with Crippen molar-refractivity contribution in [1.29, 1.82) is 0 Å². The van der Waals surface area contributed by atoms with Gasteiger partial charge in [-0.3, -0.25) is 0 Å². The van der Waals surface area contributed by atoms with Crippen LogP contribution in [0, 0.1) is 6.92 Å². The molecular formula is C14H22N2. The summed E-state index contributed by atoms with van der Waals surface area (Å²) in [6.07, 6.45) is 0.716. The zero-order valence-electron chi connectivity index (χ0n) is 10.7. The first-order valence-electron chi connectivity index (χ1n) is 5.54. The molecule has 2 heteroatoms. The third-order valence-corrected chi connectivity index (χ3v) is 2.72. The molecule has 0 spiro atoms. The fourth-order valence-electron chi connectivity index (χ4n) is 1.87. The molecule has 0 heterocycles. The standard InChI is InChI=1S/C14H22N2/c1-9-6-11(7-10(2)15)12(8-13(9)16)14(3,4)5/h6,8H,2,7,15-16H2,1,3-5H3. The molecule has 0 saturated carbocycles. The molecule has 0 radical (unpaired) electrons. The molecule has 0 unspecified atom stereocenters. The lowest BCUT2D eigenvalue weighted by molar-refractivity contribution is 0.584. The summed E-state index contributed by atoms with van der Waals surface area (Å²) in [5.74, 6) is 0. The molecule has 0 atom stereocenters. The van der Waals surface area contributed by atoms with Crippen LogP contribution in [0.2, 0.25) is 0 Å². The van der Waals surface area contributed by atoms with Crippen LogP contribution in [0.15, 0.2) is 24.4 Å². The van der Waals surface area contributed by atoms with E-state index in [2.05, 4.69) is 39.5 Å². The lowest BCUT2D eigenvalue weighted by Crippen LogP contribution is -2.16. The molecule has 0 aromatic heterocycles. The van der Waals surface area contributed by atoms with Crippen LogP contribution in [0.3, 0.4) is 0 Å². The van der Waals surface area contributed by atoms with Crippen molar-refractivity contribution in [2.45, 2.75) is 39.5 Å². The van der Waals surface area contributed by atoms with Crippen molar-refractivity contribution in [2.24, 2.45) is 5.73 Å². The SMILES string of the molecule is C=C(N)Cc1cc(C)c(N)cc1C(C)(C)C. The Kier molecular flexibility index (Phi) is 3.32. The number of allylic oxidation sites excluding steroid dienone is 1. The predicted octanol–water partition coefficient (Wildman–Crippen LogP) is 2.89. The zero-order chi connectivity index (χ0) is 12.5. The Labute approximate surface area is 98.3 Å². The maximum absolute atomic E-state index is 5.96. The second-order valence-corrected chi connectivity index (χ2v) is 5.45. The fourth-order valence-corrected chi connectivity index (χ4v) is 1.87. The van der Waals surface area contributed by atoms with Gasteiger partial charge in [0.05, 0.1) is 0 Å². The summed E-state index contributed by atoms with van der Waals surface area (Å²) >= 11 is 0. The number of aryl methyl sites for hydroxylation is 1. The van der Waals surface area contributed by atoms with Gasteiger partial charge in [-0.25, -0.2) is 0 Å². The van der Waals surface area contributed by atoms with Crippen LogP contribution >= 0.6 is 0 Å². The average Bonchev–Trinajstić information content (AvgIpc) is 2.08. The highest BCUT2D eigenvalue weighted by molar-refractivity contribution is 5.54. The predicted molar refractivity (Wildman–Crippen MR) is 71.3 cm³/mol. The molecule has 4 N–H and O–H groups in total. The highest BCUT2D eigenvalue weighted by Crippen LogP contribution is 2.30. The quantitative estimate of drug-likeness (QED) is 0.750. The van der Waals surface area contributed by atoms with Gasteiger partial charge in [0.15, 0.2) is 0 Å². The number of nitrogens with two attached hydrogens (primary N) is 2. The van der Waals surface area contributed by atoms with Crippen molar-refractivity contribution in [2.75, 3.05) is 5.73 Å². The van der Waals surface area contributed by atoms with Gasteiger partial charge in [0.1, 0.15) is 0 Å². The maximum Gasteiger partial charge on any atom is 0.0346 e. The molecule has 1 aromatic rings. The monoisotopic (exact) mass is 218 g/mol. The second kappa shape index (κ2) is 4.20. The van der Waals surface area contributed by atoms with Gasteiger partial charge in [-0.1, -0.05) is 33.4 Å². The number of hydrogen-bond donors (Lipinski definition) is 2. The third-order valence-electron chi connectivity index (χ3n) is 2.72. The number of benzene rings is 1. The van der Waals surface area contributed by atoms with Crippen LogP contribution in [0.25, 0.3) is 0 Å². The average molecular weight is 218 g/mol. The van der Waals surface area contributed by atoms with Crippen LogP contribution in [-0.2, 0) is 11.8 Å². The fraction of sp³-hybridized carbons (Fsp3) is 0.429. The van der Waals surface area contributed by atoms with Crippen LogP contribution in [-0.4, -0.2) is 0 Å². The summed E-state index contributed by atoms with van der Waals surface area (Å²) in [6.45, 7) is 12.3. The Bertz CT molecular complexity index is 411. The summed E-state index contributed by atoms with van der Waals surface area (Å²) in [6, 6.07) is 4.18. The highest BCUT2D eigenvalue weighted by atomic mass is 14.6. The van der Waals surface area contributed by atoms with Gasteiger partial charge in [-0.15, -0.1) is 0 Å². The minimum atomic E-state index is 0.0760. The smallest absolute Gasteiger partial charge is 0.0346 e. The van der Waals surface area contributed by atoms with Crippen LogP contribution in [0.5, 0.6) is 0 Å². The number of nitrogen functional groups attached to an aromatic ring is 1. The first kappa shape index (κ1) is 12.6. The normalized spacial score (nSPS) is 11.5. The van der Waals surface area contributed by atoms with E-state index in [1.54, 1.807) is 0 Å². The first-order valence-corrected chi connectivity index (χ1v) is 5.54. The van der Waals surface area contributed by atoms with Gasteiger partial charge in [-0.05, 0) is 35.1 Å². The van der Waals surface area contributed by atoms with Gasteiger partial charge >= 0.3 is 0 Å². The molecule has 16 heavy (non-hydrogen) atoms. The van der Waals surface area contributed by atoms with Crippen LogP contribution in [0.1, 0.15) is 37.5 Å². The molecule has 0 aliphatic carbocycles. The molecule has 0 fully saturated rings. The molecule has 0 saturated heterocycles. The van der Waals surface area contributed by atoms with Gasteiger partial charge in [0.2, 0.25) is 0 Å². The minimum absolute atomic E-state index is 0.0760. The maximum atomic E-state index is 5.96. The van der Waals surface area contributed by atoms with E-state index in [1.807, 2.05) is 6.92 Å². The molecule has 0 aliphatic rings. The van der Waals surface area contributed by atoms with Gasteiger partial charge in [0, 0.05) is 17.8 Å². The van der Waals surface area contributed by atoms with E-state index in [-0.39, 0.29) is 5.41 Å². The third kappa shape index (κ3) is 2.78. The largest absolute Gasteiger partial charge is 0.402 e. The molecule has 0 amide bonds. The number of rotatable bonds is 2. The molecule has 0 bridgehead atoms. The van der Waals surface area contributed by atoms with E-state index in [1.165, 1.54) is 11.1 Å². The van der Waals surface area contributed by atoms with E-state index in [4.69, 9.17) is 11.5 Å². The summed E-state index contributed by atoms with van der Waals surface area (Å²) < 4.78 is 0. The summed E-state index contributed by atoms with van der Waals surface area (Å²) in [5.41, 5.74) is 16.9. The lowest BCUT2D eigenvalue weighted by Gasteiger charge is -2.24. The van der Waals surface area contributed by atoms with E-state index in [0.717, 1.165) is 11.3 Å².